The fourth-order valence-electron chi connectivity index (χ4n) is 3.06. The van der Waals surface area contributed by atoms with Crippen molar-refractivity contribution in [2.45, 2.75) is 65.0 Å². The molecule has 1 aliphatic rings. The van der Waals surface area contributed by atoms with Gasteiger partial charge in [0.25, 0.3) is 5.91 Å². The first-order valence-electron chi connectivity index (χ1n) is 8.76. The Kier molecular flexibility index (Phi) is 6.56. The molecule has 136 valence electrons. The molecule has 0 aliphatic heterocycles. The van der Waals surface area contributed by atoms with E-state index in [-0.39, 0.29) is 6.04 Å². The molecule has 1 aromatic rings. The predicted octanol–water partition coefficient (Wildman–Crippen LogP) is 3.01. The number of imide groups is 1. The van der Waals surface area contributed by atoms with Gasteiger partial charge in [-0.15, -0.1) is 0 Å². The molecule has 6 nitrogen and oxygen atoms in total. The maximum Gasteiger partial charge on any atom is 0.338 e. The number of carbonyl (C=O) groups is 3. The highest BCUT2D eigenvalue weighted by atomic mass is 16.5. The molecule has 2 N–H and O–H groups in total. The van der Waals surface area contributed by atoms with Gasteiger partial charge in [0, 0.05) is 6.04 Å². The molecular weight excluding hydrogens is 320 g/mol. The second kappa shape index (κ2) is 8.65. The zero-order valence-electron chi connectivity index (χ0n) is 15.1. The summed E-state index contributed by atoms with van der Waals surface area (Å²) in [4.78, 5) is 36.1. The average molecular weight is 346 g/mol. The van der Waals surface area contributed by atoms with E-state index in [4.69, 9.17) is 4.74 Å². The molecule has 0 heterocycles. The predicted molar refractivity (Wildman–Crippen MR) is 94.3 cm³/mol. The highest BCUT2D eigenvalue weighted by molar-refractivity contribution is 5.98. The third-order valence-electron chi connectivity index (χ3n) is 4.29. The van der Waals surface area contributed by atoms with Crippen molar-refractivity contribution < 1.29 is 19.1 Å². The van der Waals surface area contributed by atoms with Crippen molar-refractivity contribution in [3.8, 4) is 0 Å². The second-order valence-electron chi connectivity index (χ2n) is 6.72. The molecule has 2 rings (SSSR count). The molecule has 1 aromatic carbocycles. The van der Waals surface area contributed by atoms with E-state index in [2.05, 4.69) is 10.6 Å². The van der Waals surface area contributed by atoms with Crippen LogP contribution in [0.2, 0.25) is 0 Å². The molecule has 0 unspecified atom stereocenters. The molecule has 1 atom stereocenters. The van der Waals surface area contributed by atoms with Crippen molar-refractivity contribution in [1.29, 1.82) is 0 Å². The number of hydrogen-bond donors (Lipinski definition) is 2. The Labute approximate surface area is 148 Å². The van der Waals surface area contributed by atoms with E-state index in [1.165, 1.54) is 13.3 Å². The minimum absolute atomic E-state index is 0.106. The van der Waals surface area contributed by atoms with Gasteiger partial charge in [-0.05, 0) is 45.7 Å². The van der Waals surface area contributed by atoms with Crippen LogP contribution in [-0.4, -0.2) is 30.1 Å². The van der Waals surface area contributed by atoms with Crippen LogP contribution in [0.15, 0.2) is 18.2 Å². The van der Waals surface area contributed by atoms with Crippen LogP contribution in [0.5, 0.6) is 0 Å². The van der Waals surface area contributed by atoms with E-state index in [0.29, 0.717) is 5.56 Å². The maximum absolute atomic E-state index is 12.2. The standard InChI is InChI=1S/C19H26N2O4/c1-12-9-13(2)11-15(10-12)18(23)25-14(3)17(22)21-19(24)20-16-7-5-4-6-8-16/h9-11,14,16H,4-8H2,1-3H3,(H2,20,21,22,24)/t14-/m1/s1. The summed E-state index contributed by atoms with van der Waals surface area (Å²) in [6, 6.07) is 4.93. The Hall–Kier alpha value is -2.37. The Morgan fingerprint density at radius 2 is 1.64 bits per heavy atom. The molecule has 25 heavy (non-hydrogen) atoms. The molecule has 6 heteroatoms. The third-order valence-corrected chi connectivity index (χ3v) is 4.29. The van der Waals surface area contributed by atoms with E-state index in [9.17, 15) is 14.4 Å². The number of hydrogen-bond acceptors (Lipinski definition) is 4. The highest BCUT2D eigenvalue weighted by Crippen LogP contribution is 2.17. The third kappa shape index (κ3) is 5.89. The normalized spacial score (nSPS) is 16.0. The summed E-state index contributed by atoms with van der Waals surface area (Å²) in [5.41, 5.74) is 2.27. The van der Waals surface area contributed by atoms with E-state index >= 15 is 0 Å². The first kappa shape index (κ1) is 19.0. The van der Waals surface area contributed by atoms with E-state index in [1.54, 1.807) is 12.1 Å². The molecule has 0 bridgehead atoms. The van der Waals surface area contributed by atoms with Crippen molar-refractivity contribution in [3.05, 3.63) is 34.9 Å². The quantitative estimate of drug-likeness (QED) is 0.821. The lowest BCUT2D eigenvalue weighted by atomic mass is 9.96. The van der Waals surface area contributed by atoms with Crippen LogP contribution in [-0.2, 0) is 9.53 Å². The minimum Gasteiger partial charge on any atom is -0.449 e. The van der Waals surface area contributed by atoms with Gasteiger partial charge in [-0.25, -0.2) is 9.59 Å². The zero-order valence-corrected chi connectivity index (χ0v) is 15.1. The summed E-state index contributed by atoms with van der Waals surface area (Å²) in [5.74, 6) is -1.21. The number of aryl methyl sites for hydroxylation is 2. The lowest BCUT2D eigenvalue weighted by Crippen LogP contribution is -2.48. The lowest BCUT2D eigenvalue weighted by Gasteiger charge is -2.23. The van der Waals surface area contributed by atoms with Crippen LogP contribution < -0.4 is 10.6 Å². The van der Waals surface area contributed by atoms with Crippen LogP contribution in [0, 0.1) is 13.8 Å². The fraction of sp³-hybridized carbons (Fsp3) is 0.526. The number of benzene rings is 1. The van der Waals surface area contributed by atoms with Gasteiger partial charge in [0.2, 0.25) is 0 Å². The second-order valence-corrected chi connectivity index (χ2v) is 6.72. The van der Waals surface area contributed by atoms with Gasteiger partial charge in [0.15, 0.2) is 6.10 Å². The Morgan fingerprint density at radius 3 is 2.24 bits per heavy atom. The number of carbonyl (C=O) groups excluding carboxylic acids is 3. The van der Waals surface area contributed by atoms with Gasteiger partial charge in [-0.3, -0.25) is 10.1 Å². The Morgan fingerprint density at radius 1 is 1.04 bits per heavy atom. The molecular formula is C19H26N2O4. The van der Waals surface area contributed by atoms with E-state index in [1.807, 2.05) is 19.9 Å². The van der Waals surface area contributed by atoms with E-state index in [0.717, 1.165) is 36.8 Å². The maximum atomic E-state index is 12.2. The number of amides is 3. The molecule has 1 aliphatic carbocycles. The van der Waals surface area contributed by atoms with Crippen molar-refractivity contribution in [3.63, 3.8) is 0 Å². The topological polar surface area (TPSA) is 84.5 Å². The number of esters is 1. The monoisotopic (exact) mass is 346 g/mol. The van der Waals surface area contributed by atoms with Crippen LogP contribution in [0.3, 0.4) is 0 Å². The van der Waals surface area contributed by atoms with Gasteiger partial charge in [-0.1, -0.05) is 36.5 Å². The Bertz CT molecular complexity index is 631. The molecule has 0 spiro atoms. The van der Waals surface area contributed by atoms with Crippen LogP contribution in [0.1, 0.15) is 60.5 Å². The molecule has 1 fully saturated rings. The molecule has 3 amide bonds. The molecule has 0 radical (unpaired) electrons. The van der Waals surface area contributed by atoms with Gasteiger partial charge in [0.05, 0.1) is 5.56 Å². The summed E-state index contributed by atoms with van der Waals surface area (Å²) in [6.45, 7) is 5.22. The van der Waals surface area contributed by atoms with Gasteiger partial charge in [-0.2, -0.15) is 0 Å². The van der Waals surface area contributed by atoms with Gasteiger partial charge in [0.1, 0.15) is 0 Å². The smallest absolute Gasteiger partial charge is 0.338 e. The zero-order chi connectivity index (χ0) is 18.4. The summed E-state index contributed by atoms with van der Waals surface area (Å²) in [6.07, 6.45) is 4.17. The van der Waals surface area contributed by atoms with Gasteiger partial charge >= 0.3 is 12.0 Å². The number of nitrogens with one attached hydrogen (secondary N) is 2. The first-order chi connectivity index (χ1) is 11.8. The van der Waals surface area contributed by atoms with Crippen LogP contribution in [0.25, 0.3) is 0 Å². The fourth-order valence-corrected chi connectivity index (χ4v) is 3.06. The number of urea groups is 1. The van der Waals surface area contributed by atoms with Crippen LogP contribution >= 0.6 is 0 Å². The molecule has 0 aromatic heterocycles. The summed E-state index contributed by atoms with van der Waals surface area (Å²) < 4.78 is 5.17. The number of rotatable bonds is 4. The van der Waals surface area contributed by atoms with Crippen molar-refractivity contribution in [2.75, 3.05) is 0 Å². The summed E-state index contributed by atoms with van der Waals surface area (Å²) in [5, 5.41) is 5.03. The van der Waals surface area contributed by atoms with E-state index < -0.39 is 24.0 Å². The van der Waals surface area contributed by atoms with Crippen LogP contribution in [0.4, 0.5) is 4.79 Å². The lowest BCUT2D eigenvalue weighted by molar-refractivity contribution is -0.127. The van der Waals surface area contributed by atoms with Crippen molar-refractivity contribution in [2.24, 2.45) is 0 Å². The minimum atomic E-state index is -1.05. The van der Waals surface area contributed by atoms with Gasteiger partial charge < -0.3 is 10.1 Å². The van der Waals surface area contributed by atoms with Crippen molar-refractivity contribution >= 4 is 17.9 Å². The highest BCUT2D eigenvalue weighted by Gasteiger charge is 2.22. The summed E-state index contributed by atoms with van der Waals surface area (Å²) >= 11 is 0. The number of ether oxygens (including phenoxy) is 1. The first-order valence-corrected chi connectivity index (χ1v) is 8.76. The average Bonchev–Trinajstić information content (AvgIpc) is 2.54. The molecule has 0 saturated heterocycles. The summed E-state index contributed by atoms with van der Waals surface area (Å²) in [7, 11) is 0. The SMILES string of the molecule is Cc1cc(C)cc(C(=O)O[C@H](C)C(=O)NC(=O)NC2CCCCC2)c1. The molecule has 1 saturated carbocycles. The largest absolute Gasteiger partial charge is 0.449 e. The Balaban J connectivity index is 1.84. The van der Waals surface area contributed by atoms with Crippen molar-refractivity contribution in [1.82, 2.24) is 10.6 Å².